The van der Waals surface area contributed by atoms with E-state index in [0.717, 1.165) is 10.0 Å². The molecular formula is C17H16BrClN2O2. The molecule has 2 aromatic carbocycles. The number of aryl methyl sites for hydroxylation is 1. The summed E-state index contributed by atoms with van der Waals surface area (Å²) >= 11 is 9.23. The van der Waals surface area contributed by atoms with Gasteiger partial charge in [-0.2, -0.15) is 0 Å². The molecule has 0 aromatic heterocycles. The third-order valence-corrected chi connectivity index (χ3v) is 3.98. The van der Waals surface area contributed by atoms with Crippen LogP contribution in [0.25, 0.3) is 0 Å². The highest BCUT2D eigenvalue weighted by Crippen LogP contribution is 2.20. The Bertz CT molecular complexity index is 717. The number of amides is 2. The summed E-state index contributed by atoms with van der Waals surface area (Å²) in [6, 6.07) is 12.3. The molecule has 2 N–H and O–H groups in total. The topological polar surface area (TPSA) is 58.2 Å². The van der Waals surface area contributed by atoms with Crippen molar-refractivity contribution in [2.45, 2.75) is 13.3 Å². The Kier molecular flexibility index (Phi) is 6.19. The van der Waals surface area contributed by atoms with Gasteiger partial charge in [-0.3, -0.25) is 9.59 Å². The number of hydrogen-bond donors (Lipinski definition) is 2. The Labute approximate surface area is 148 Å². The van der Waals surface area contributed by atoms with Crippen LogP contribution >= 0.6 is 27.5 Å². The maximum atomic E-state index is 11.9. The largest absolute Gasteiger partial charge is 0.352 e. The van der Waals surface area contributed by atoms with Gasteiger partial charge in [0, 0.05) is 33.7 Å². The zero-order valence-electron chi connectivity index (χ0n) is 12.5. The number of carbonyl (C=O) groups excluding carboxylic acids is 2. The van der Waals surface area contributed by atoms with Gasteiger partial charge in [0.05, 0.1) is 0 Å². The lowest BCUT2D eigenvalue weighted by Gasteiger charge is -2.09. The van der Waals surface area contributed by atoms with Crippen LogP contribution in [-0.2, 0) is 4.79 Å². The Morgan fingerprint density at radius 2 is 1.83 bits per heavy atom. The minimum Gasteiger partial charge on any atom is -0.352 e. The van der Waals surface area contributed by atoms with E-state index in [2.05, 4.69) is 26.6 Å². The summed E-state index contributed by atoms with van der Waals surface area (Å²) in [6.07, 6.45) is 0.189. The molecule has 0 fully saturated rings. The fraction of sp³-hybridized carbons (Fsp3) is 0.176. The van der Waals surface area contributed by atoms with Crippen LogP contribution in [-0.4, -0.2) is 18.4 Å². The molecule has 0 saturated heterocycles. The molecule has 120 valence electrons. The Morgan fingerprint density at radius 1 is 1.13 bits per heavy atom. The average Bonchev–Trinajstić information content (AvgIpc) is 2.51. The van der Waals surface area contributed by atoms with E-state index >= 15 is 0 Å². The maximum Gasteiger partial charge on any atom is 0.251 e. The van der Waals surface area contributed by atoms with Crippen LogP contribution in [0.4, 0.5) is 5.69 Å². The molecule has 0 spiro atoms. The van der Waals surface area contributed by atoms with Crippen molar-refractivity contribution in [3.63, 3.8) is 0 Å². The molecule has 0 aliphatic heterocycles. The highest BCUT2D eigenvalue weighted by Gasteiger charge is 2.08. The monoisotopic (exact) mass is 394 g/mol. The van der Waals surface area contributed by atoms with E-state index in [1.54, 1.807) is 36.4 Å². The van der Waals surface area contributed by atoms with Crippen molar-refractivity contribution in [2.75, 3.05) is 11.9 Å². The van der Waals surface area contributed by atoms with Gasteiger partial charge in [0.1, 0.15) is 0 Å². The molecule has 0 unspecified atom stereocenters. The molecule has 2 amide bonds. The molecule has 0 bridgehead atoms. The van der Waals surface area contributed by atoms with E-state index in [1.807, 2.05) is 13.0 Å². The molecule has 6 heteroatoms. The SMILES string of the molecule is Cc1ccc(Cl)cc1NC(=O)CCNC(=O)c1ccc(Br)cc1. The maximum absolute atomic E-state index is 11.9. The molecule has 2 aromatic rings. The molecule has 0 aliphatic rings. The average molecular weight is 396 g/mol. The minimum atomic E-state index is -0.204. The van der Waals surface area contributed by atoms with E-state index in [1.165, 1.54) is 0 Å². The fourth-order valence-electron chi connectivity index (χ4n) is 1.93. The molecule has 0 saturated carbocycles. The van der Waals surface area contributed by atoms with Crippen molar-refractivity contribution in [3.05, 3.63) is 63.1 Å². The number of carbonyl (C=O) groups is 2. The predicted octanol–water partition coefficient (Wildman–Crippen LogP) is 4.17. The molecule has 0 aliphatic carbocycles. The molecule has 0 heterocycles. The smallest absolute Gasteiger partial charge is 0.251 e. The van der Waals surface area contributed by atoms with Crippen molar-refractivity contribution >= 4 is 45.0 Å². The van der Waals surface area contributed by atoms with Crippen LogP contribution in [0.5, 0.6) is 0 Å². The Balaban J connectivity index is 1.81. The lowest BCUT2D eigenvalue weighted by Crippen LogP contribution is -2.27. The summed E-state index contributed by atoms with van der Waals surface area (Å²) in [4.78, 5) is 23.8. The summed E-state index contributed by atoms with van der Waals surface area (Å²) in [5.41, 5.74) is 2.17. The summed E-state index contributed by atoms with van der Waals surface area (Å²) in [7, 11) is 0. The zero-order chi connectivity index (χ0) is 16.8. The van der Waals surface area contributed by atoms with E-state index in [0.29, 0.717) is 16.3 Å². The highest BCUT2D eigenvalue weighted by atomic mass is 79.9. The van der Waals surface area contributed by atoms with Gasteiger partial charge in [0.15, 0.2) is 0 Å². The molecule has 23 heavy (non-hydrogen) atoms. The lowest BCUT2D eigenvalue weighted by atomic mass is 10.2. The van der Waals surface area contributed by atoms with Crippen LogP contribution in [0, 0.1) is 6.92 Å². The standard InChI is InChI=1S/C17H16BrClN2O2/c1-11-2-7-14(19)10-15(11)21-16(22)8-9-20-17(23)12-3-5-13(18)6-4-12/h2-7,10H,8-9H2,1H3,(H,20,23)(H,21,22). The molecule has 0 atom stereocenters. The fourth-order valence-corrected chi connectivity index (χ4v) is 2.37. The van der Waals surface area contributed by atoms with Gasteiger partial charge in [0.2, 0.25) is 5.91 Å². The van der Waals surface area contributed by atoms with Gasteiger partial charge in [-0.05, 0) is 48.9 Å². The third kappa shape index (κ3) is 5.37. The van der Waals surface area contributed by atoms with E-state index < -0.39 is 0 Å². The third-order valence-electron chi connectivity index (χ3n) is 3.22. The number of rotatable bonds is 5. The van der Waals surface area contributed by atoms with Crippen molar-refractivity contribution < 1.29 is 9.59 Å². The van der Waals surface area contributed by atoms with Gasteiger partial charge in [-0.1, -0.05) is 33.6 Å². The van der Waals surface area contributed by atoms with Crippen molar-refractivity contribution in [2.24, 2.45) is 0 Å². The number of halogens is 2. The number of hydrogen-bond acceptors (Lipinski definition) is 2. The second kappa shape index (κ2) is 8.13. The first kappa shape index (κ1) is 17.5. The summed E-state index contributed by atoms with van der Waals surface area (Å²) in [6.45, 7) is 2.15. The van der Waals surface area contributed by atoms with E-state index in [-0.39, 0.29) is 24.8 Å². The summed E-state index contributed by atoms with van der Waals surface area (Å²) < 4.78 is 0.908. The highest BCUT2D eigenvalue weighted by molar-refractivity contribution is 9.10. The second-order valence-electron chi connectivity index (χ2n) is 5.02. The quantitative estimate of drug-likeness (QED) is 0.798. The molecule has 0 radical (unpaired) electrons. The summed E-state index contributed by atoms with van der Waals surface area (Å²) in [5.74, 6) is -0.379. The van der Waals surface area contributed by atoms with Gasteiger partial charge < -0.3 is 10.6 Å². The van der Waals surface area contributed by atoms with Gasteiger partial charge in [0.25, 0.3) is 5.91 Å². The predicted molar refractivity (Wildman–Crippen MR) is 95.9 cm³/mol. The Hall–Kier alpha value is -1.85. The van der Waals surface area contributed by atoms with Crippen molar-refractivity contribution in [1.29, 1.82) is 0 Å². The van der Waals surface area contributed by atoms with Crippen molar-refractivity contribution in [3.8, 4) is 0 Å². The number of benzene rings is 2. The first-order valence-electron chi connectivity index (χ1n) is 7.05. The van der Waals surface area contributed by atoms with Crippen LogP contribution in [0.15, 0.2) is 46.9 Å². The second-order valence-corrected chi connectivity index (χ2v) is 6.37. The van der Waals surface area contributed by atoms with Crippen molar-refractivity contribution in [1.82, 2.24) is 5.32 Å². The van der Waals surface area contributed by atoms with Crippen LogP contribution in [0.3, 0.4) is 0 Å². The van der Waals surface area contributed by atoms with Crippen LogP contribution < -0.4 is 10.6 Å². The molecular weight excluding hydrogens is 380 g/mol. The number of anilines is 1. The first-order chi connectivity index (χ1) is 11.0. The molecule has 2 rings (SSSR count). The van der Waals surface area contributed by atoms with E-state index in [9.17, 15) is 9.59 Å². The van der Waals surface area contributed by atoms with Crippen LogP contribution in [0.2, 0.25) is 5.02 Å². The normalized spacial score (nSPS) is 10.2. The summed E-state index contributed by atoms with van der Waals surface area (Å²) in [5, 5.41) is 6.08. The molecule has 4 nitrogen and oxygen atoms in total. The Morgan fingerprint density at radius 3 is 2.52 bits per heavy atom. The lowest BCUT2D eigenvalue weighted by molar-refractivity contribution is -0.116. The van der Waals surface area contributed by atoms with Gasteiger partial charge >= 0.3 is 0 Å². The van der Waals surface area contributed by atoms with Gasteiger partial charge in [-0.15, -0.1) is 0 Å². The minimum absolute atomic E-state index is 0.175. The van der Waals surface area contributed by atoms with Crippen LogP contribution in [0.1, 0.15) is 22.3 Å². The van der Waals surface area contributed by atoms with Gasteiger partial charge in [-0.25, -0.2) is 0 Å². The first-order valence-corrected chi connectivity index (χ1v) is 8.22. The van der Waals surface area contributed by atoms with E-state index in [4.69, 9.17) is 11.6 Å². The number of nitrogens with one attached hydrogen (secondary N) is 2. The zero-order valence-corrected chi connectivity index (χ0v) is 14.9.